The van der Waals surface area contributed by atoms with Crippen LogP contribution in [0.4, 0.5) is 17.6 Å². The molecule has 0 N–H and O–H groups in total. The fraction of sp³-hybridized carbons (Fsp3) is 0.542. The van der Waals surface area contributed by atoms with E-state index >= 15 is 0 Å². The maximum atomic E-state index is 14.9. The summed E-state index contributed by atoms with van der Waals surface area (Å²) in [4.78, 5) is 16.8. The van der Waals surface area contributed by atoms with E-state index in [1.807, 2.05) is 18.7 Å². The second-order valence-electron chi connectivity index (χ2n) is 9.15. The minimum absolute atomic E-state index is 0.0570. The van der Waals surface area contributed by atoms with Crippen molar-refractivity contribution in [2.45, 2.75) is 51.1 Å². The Labute approximate surface area is 196 Å². The number of fused-ring (bicyclic) bond motifs is 2. The van der Waals surface area contributed by atoms with Crippen LogP contribution in [-0.4, -0.2) is 60.2 Å². The molecule has 6 nitrogen and oxygen atoms in total. The smallest absolute Gasteiger partial charge is 0.431 e. The molecule has 0 bridgehead atoms. The van der Waals surface area contributed by atoms with Crippen LogP contribution < -0.4 is 9.47 Å². The monoisotopic (exact) mass is 483 g/mol. The summed E-state index contributed by atoms with van der Waals surface area (Å²) in [6.45, 7) is 4.80. The molecule has 4 rings (SSSR count). The van der Waals surface area contributed by atoms with E-state index < -0.39 is 23.2 Å². The van der Waals surface area contributed by atoms with E-state index in [-0.39, 0.29) is 24.2 Å². The number of halogens is 4. The van der Waals surface area contributed by atoms with E-state index in [2.05, 4.69) is 0 Å². The molecule has 1 amide bonds. The number of likely N-dealkylation sites (N-methyl/N-ethyl adjacent to an activating group) is 1. The predicted molar refractivity (Wildman–Crippen MR) is 118 cm³/mol. The number of likely N-dealkylation sites (tertiary alicyclic amines) is 1. The van der Waals surface area contributed by atoms with Crippen LogP contribution in [0.3, 0.4) is 0 Å². The van der Waals surface area contributed by atoms with Crippen molar-refractivity contribution in [1.29, 1.82) is 0 Å². The number of carbonyl (C=O) groups is 1. The average Bonchev–Trinajstić information content (AvgIpc) is 3.14. The molecule has 0 radical (unpaired) electrons. The van der Waals surface area contributed by atoms with Crippen molar-refractivity contribution in [3.8, 4) is 11.5 Å². The molecule has 2 aliphatic heterocycles. The van der Waals surface area contributed by atoms with Crippen LogP contribution in [0, 0.1) is 5.82 Å². The topological polar surface area (TPSA) is 46.9 Å². The number of alkyl halides is 3. The van der Waals surface area contributed by atoms with Crippen LogP contribution in [-0.2, 0) is 18.3 Å². The second-order valence-corrected chi connectivity index (χ2v) is 9.15. The molecule has 1 aromatic heterocycles. The summed E-state index contributed by atoms with van der Waals surface area (Å²) in [5.41, 5.74) is -1.36. The largest absolute Gasteiger partial charge is 0.493 e. The highest BCUT2D eigenvalue weighted by Crippen LogP contribution is 2.45. The van der Waals surface area contributed by atoms with Gasteiger partial charge in [-0.25, -0.2) is 4.39 Å². The quantitative estimate of drug-likeness (QED) is 0.600. The number of amides is 1. The second kappa shape index (κ2) is 8.79. The summed E-state index contributed by atoms with van der Waals surface area (Å²) >= 11 is 0. The fourth-order valence-corrected chi connectivity index (χ4v) is 5.13. The first kappa shape index (κ1) is 24.4. The van der Waals surface area contributed by atoms with Gasteiger partial charge in [-0.1, -0.05) is 0 Å². The SMILES string of the molecule is COc1cc(C(=O)N2CCC3(CC2)c2c(F)cc(C(F)(F)F)n2CCN3C)ccc1OC(C)C. The number of hydrogen-bond acceptors (Lipinski definition) is 4. The number of aromatic nitrogens is 1. The molecule has 2 aliphatic rings. The molecule has 186 valence electrons. The van der Waals surface area contributed by atoms with Gasteiger partial charge in [0.05, 0.1) is 24.4 Å². The third-order valence-corrected chi connectivity index (χ3v) is 6.82. The highest BCUT2D eigenvalue weighted by atomic mass is 19.4. The molecule has 2 aromatic rings. The molecule has 0 aliphatic carbocycles. The standard InChI is InChI=1S/C24H29F4N3O3/c1-15(2)34-18-6-5-16(13-19(18)33-4)22(32)30-9-7-23(8-10-30)21-17(25)14-20(24(26,27)28)31(21)12-11-29(23)3/h5-6,13-15H,7-12H2,1-4H3. The first-order chi connectivity index (χ1) is 16.0. The van der Waals surface area contributed by atoms with Crippen molar-refractivity contribution in [1.82, 2.24) is 14.4 Å². The lowest BCUT2D eigenvalue weighted by molar-refractivity contribution is -0.144. The van der Waals surface area contributed by atoms with Gasteiger partial charge in [0.1, 0.15) is 11.5 Å². The van der Waals surface area contributed by atoms with E-state index in [1.165, 1.54) is 7.11 Å². The maximum absolute atomic E-state index is 14.9. The molecular weight excluding hydrogens is 454 g/mol. The summed E-state index contributed by atoms with van der Waals surface area (Å²) in [6, 6.07) is 5.58. The van der Waals surface area contributed by atoms with E-state index in [1.54, 1.807) is 30.1 Å². The third-order valence-electron chi connectivity index (χ3n) is 6.82. The number of ether oxygens (including phenoxy) is 2. The van der Waals surface area contributed by atoms with E-state index in [9.17, 15) is 22.4 Å². The van der Waals surface area contributed by atoms with Crippen LogP contribution in [0.15, 0.2) is 24.3 Å². The average molecular weight is 484 g/mol. The zero-order valence-electron chi connectivity index (χ0n) is 19.7. The Hall–Kier alpha value is -2.75. The van der Waals surface area contributed by atoms with Gasteiger partial charge in [-0.2, -0.15) is 13.2 Å². The fourth-order valence-electron chi connectivity index (χ4n) is 5.13. The zero-order chi connectivity index (χ0) is 24.8. The minimum Gasteiger partial charge on any atom is -0.493 e. The third kappa shape index (κ3) is 4.12. The van der Waals surface area contributed by atoms with E-state index in [4.69, 9.17) is 9.47 Å². The Morgan fingerprint density at radius 1 is 1.06 bits per heavy atom. The molecular formula is C24H29F4N3O3. The van der Waals surface area contributed by atoms with Gasteiger partial charge in [-0.3, -0.25) is 9.69 Å². The van der Waals surface area contributed by atoms with Crippen LogP contribution in [0.5, 0.6) is 11.5 Å². The number of rotatable bonds is 4. The zero-order valence-corrected chi connectivity index (χ0v) is 19.7. The minimum atomic E-state index is -4.63. The molecule has 3 heterocycles. The molecule has 10 heteroatoms. The number of hydrogen-bond donors (Lipinski definition) is 0. The predicted octanol–water partition coefficient (Wildman–Crippen LogP) is 4.52. The van der Waals surface area contributed by atoms with Gasteiger partial charge >= 0.3 is 6.18 Å². The first-order valence-corrected chi connectivity index (χ1v) is 11.3. The molecule has 1 fully saturated rings. The van der Waals surface area contributed by atoms with Gasteiger partial charge in [0, 0.05) is 37.8 Å². The van der Waals surface area contributed by atoms with Crippen molar-refractivity contribution in [3.63, 3.8) is 0 Å². The first-order valence-electron chi connectivity index (χ1n) is 11.3. The Kier molecular flexibility index (Phi) is 6.30. The summed E-state index contributed by atoms with van der Waals surface area (Å²) < 4.78 is 67.5. The van der Waals surface area contributed by atoms with Crippen molar-refractivity contribution in [3.05, 3.63) is 47.0 Å². The van der Waals surface area contributed by atoms with Crippen molar-refractivity contribution >= 4 is 5.91 Å². The summed E-state index contributed by atoms with van der Waals surface area (Å²) in [5, 5.41) is 0. The maximum Gasteiger partial charge on any atom is 0.431 e. The van der Waals surface area contributed by atoms with Crippen molar-refractivity contribution < 1.29 is 31.8 Å². The van der Waals surface area contributed by atoms with Gasteiger partial charge in [0.25, 0.3) is 5.91 Å². The molecule has 1 saturated heterocycles. The number of benzene rings is 1. The molecule has 1 spiro atoms. The number of methoxy groups -OCH3 is 1. The summed E-state index contributed by atoms with van der Waals surface area (Å²) in [7, 11) is 3.30. The van der Waals surface area contributed by atoms with Gasteiger partial charge in [0.15, 0.2) is 11.5 Å². The van der Waals surface area contributed by atoms with E-state index in [0.717, 1.165) is 4.57 Å². The van der Waals surface area contributed by atoms with Crippen LogP contribution in [0.2, 0.25) is 0 Å². The summed E-state index contributed by atoms with van der Waals surface area (Å²) in [6.07, 6.45) is -4.02. The van der Waals surface area contributed by atoms with E-state index in [0.29, 0.717) is 55.6 Å². The Balaban J connectivity index is 1.57. The van der Waals surface area contributed by atoms with Gasteiger partial charge in [0.2, 0.25) is 0 Å². The summed E-state index contributed by atoms with van der Waals surface area (Å²) in [5.74, 6) is -0.0783. The Bertz CT molecular complexity index is 1070. The molecule has 0 saturated carbocycles. The number of carbonyl (C=O) groups excluding carboxylic acids is 1. The van der Waals surface area contributed by atoms with Crippen molar-refractivity contribution in [2.24, 2.45) is 0 Å². The molecule has 34 heavy (non-hydrogen) atoms. The normalized spacial score (nSPS) is 18.3. The number of piperidine rings is 1. The van der Waals surface area contributed by atoms with Crippen LogP contribution >= 0.6 is 0 Å². The molecule has 0 unspecified atom stereocenters. The Morgan fingerprint density at radius 2 is 1.74 bits per heavy atom. The van der Waals surface area contributed by atoms with Crippen LogP contribution in [0.25, 0.3) is 0 Å². The lowest BCUT2D eigenvalue weighted by Crippen LogP contribution is -2.57. The van der Waals surface area contributed by atoms with Gasteiger partial charge in [-0.05, 0) is 51.9 Å². The lowest BCUT2D eigenvalue weighted by atomic mass is 9.81. The van der Waals surface area contributed by atoms with Gasteiger partial charge < -0.3 is 18.9 Å². The Morgan fingerprint density at radius 3 is 2.32 bits per heavy atom. The van der Waals surface area contributed by atoms with Crippen molar-refractivity contribution in [2.75, 3.05) is 33.8 Å². The van der Waals surface area contributed by atoms with Gasteiger partial charge in [-0.15, -0.1) is 0 Å². The van der Waals surface area contributed by atoms with Crippen LogP contribution in [0.1, 0.15) is 48.4 Å². The lowest BCUT2D eigenvalue weighted by Gasteiger charge is -2.50. The highest BCUT2D eigenvalue weighted by Gasteiger charge is 2.49. The molecule has 1 aromatic carbocycles. The number of nitrogens with zero attached hydrogens (tertiary/aromatic N) is 3. The molecule has 0 atom stereocenters. The highest BCUT2D eigenvalue weighted by molar-refractivity contribution is 5.95.